The second kappa shape index (κ2) is 6.35. The summed E-state index contributed by atoms with van der Waals surface area (Å²) in [5, 5.41) is 23.5. The highest BCUT2D eigenvalue weighted by Gasteiger charge is 2.18. The van der Waals surface area contributed by atoms with Gasteiger partial charge in [-0.25, -0.2) is 0 Å². The van der Waals surface area contributed by atoms with E-state index in [9.17, 15) is 10.2 Å². The lowest BCUT2D eigenvalue weighted by molar-refractivity contribution is -0.0425. The lowest BCUT2D eigenvalue weighted by Gasteiger charge is -2.05. The van der Waals surface area contributed by atoms with Crippen molar-refractivity contribution in [2.24, 2.45) is 0 Å². The number of aliphatic hydroxyl groups excluding tert-OH is 1. The van der Waals surface area contributed by atoms with E-state index in [-0.39, 0.29) is 5.89 Å². The van der Waals surface area contributed by atoms with Crippen LogP contribution in [-0.4, -0.2) is 20.4 Å². The van der Waals surface area contributed by atoms with E-state index >= 15 is 0 Å². The van der Waals surface area contributed by atoms with Crippen LogP contribution in [0.3, 0.4) is 0 Å². The molecule has 26 heavy (non-hydrogen) atoms. The molecule has 0 saturated heterocycles. The van der Waals surface area contributed by atoms with Gasteiger partial charge in [0.15, 0.2) is 12.1 Å². The molecular weight excluding hydrogens is 400 g/mol. The number of hydrogen-bond acceptors (Lipinski definition) is 6. The Morgan fingerprint density at radius 3 is 2.50 bits per heavy atom. The molecule has 0 aliphatic rings. The Morgan fingerprint density at radius 1 is 1.04 bits per heavy atom. The van der Waals surface area contributed by atoms with E-state index in [1.165, 1.54) is 0 Å². The van der Waals surface area contributed by atoms with Crippen LogP contribution in [0.4, 0.5) is 0 Å². The standard InChI is InChI=1S/C19H15BrN2O4/c1-9-3-4-10(2)16-13(9)8-15(25-16)18-21-17(22-26-18)12-6-5-11(19(23)24)7-14(12)20/h3-8,19,23-24H,1-2H3. The van der Waals surface area contributed by atoms with E-state index in [2.05, 4.69) is 26.1 Å². The third-order valence-corrected chi connectivity index (χ3v) is 4.92. The van der Waals surface area contributed by atoms with Crippen LogP contribution in [0.15, 0.2) is 49.8 Å². The molecule has 0 aliphatic carbocycles. The Morgan fingerprint density at radius 2 is 1.81 bits per heavy atom. The van der Waals surface area contributed by atoms with Gasteiger partial charge in [0.1, 0.15) is 5.58 Å². The quantitative estimate of drug-likeness (QED) is 0.479. The number of aryl methyl sites for hydroxylation is 2. The molecule has 2 N–H and O–H groups in total. The van der Waals surface area contributed by atoms with Crippen molar-refractivity contribution in [3.63, 3.8) is 0 Å². The Hall–Kier alpha value is -2.48. The molecule has 0 unspecified atom stereocenters. The van der Waals surface area contributed by atoms with Gasteiger partial charge in [0, 0.05) is 21.0 Å². The zero-order chi connectivity index (χ0) is 18.4. The number of aliphatic hydroxyl groups is 2. The number of benzene rings is 2. The molecule has 7 heteroatoms. The van der Waals surface area contributed by atoms with Crippen molar-refractivity contribution < 1.29 is 19.2 Å². The molecule has 0 bridgehead atoms. The third kappa shape index (κ3) is 2.84. The maximum Gasteiger partial charge on any atom is 0.293 e. The molecule has 0 aliphatic heterocycles. The Kier molecular flexibility index (Phi) is 4.14. The minimum atomic E-state index is -1.54. The zero-order valence-electron chi connectivity index (χ0n) is 14.0. The van der Waals surface area contributed by atoms with E-state index in [1.807, 2.05) is 32.0 Å². The first-order chi connectivity index (χ1) is 12.4. The molecule has 2 aromatic heterocycles. The summed E-state index contributed by atoms with van der Waals surface area (Å²) < 4.78 is 11.9. The van der Waals surface area contributed by atoms with E-state index in [1.54, 1.807) is 18.2 Å². The minimum Gasteiger partial charge on any atom is -0.451 e. The van der Waals surface area contributed by atoms with Gasteiger partial charge in [0.05, 0.1) is 0 Å². The van der Waals surface area contributed by atoms with Crippen LogP contribution in [0.2, 0.25) is 0 Å². The number of aromatic nitrogens is 2. The highest BCUT2D eigenvalue weighted by molar-refractivity contribution is 9.10. The monoisotopic (exact) mass is 414 g/mol. The maximum atomic E-state index is 9.25. The first-order valence-corrected chi connectivity index (χ1v) is 8.73. The number of fused-ring (bicyclic) bond motifs is 1. The molecule has 0 atom stereocenters. The predicted molar refractivity (Wildman–Crippen MR) is 99.3 cm³/mol. The van der Waals surface area contributed by atoms with Gasteiger partial charge < -0.3 is 19.2 Å². The van der Waals surface area contributed by atoms with Crippen LogP contribution in [-0.2, 0) is 0 Å². The lowest BCUT2D eigenvalue weighted by Crippen LogP contribution is -1.95. The fourth-order valence-electron chi connectivity index (χ4n) is 2.80. The first kappa shape index (κ1) is 17.0. The molecule has 0 fully saturated rings. The fraction of sp³-hybridized carbons (Fsp3) is 0.158. The number of halogens is 1. The van der Waals surface area contributed by atoms with Gasteiger partial charge in [-0.1, -0.05) is 39.3 Å². The SMILES string of the molecule is Cc1ccc(C)c2oc(-c3nc(-c4ccc(C(O)O)cc4Br)no3)cc12. The number of nitrogens with zero attached hydrogens (tertiary/aromatic N) is 2. The lowest BCUT2D eigenvalue weighted by atomic mass is 10.1. The second-order valence-corrected chi connectivity index (χ2v) is 6.94. The van der Waals surface area contributed by atoms with E-state index in [4.69, 9.17) is 8.94 Å². The van der Waals surface area contributed by atoms with Crippen molar-refractivity contribution in [2.45, 2.75) is 20.1 Å². The fourth-order valence-corrected chi connectivity index (χ4v) is 3.38. The molecule has 2 heterocycles. The van der Waals surface area contributed by atoms with Crippen LogP contribution in [0.1, 0.15) is 23.0 Å². The predicted octanol–water partition coefficient (Wildman–Crippen LogP) is 4.51. The van der Waals surface area contributed by atoms with Crippen LogP contribution in [0.25, 0.3) is 34.0 Å². The molecule has 0 saturated carbocycles. The first-order valence-electron chi connectivity index (χ1n) is 7.94. The molecule has 4 rings (SSSR count). The van der Waals surface area contributed by atoms with Crippen LogP contribution < -0.4 is 0 Å². The molecule has 0 radical (unpaired) electrons. The smallest absolute Gasteiger partial charge is 0.293 e. The van der Waals surface area contributed by atoms with E-state index in [0.717, 1.165) is 22.1 Å². The third-order valence-electron chi connectivity index (χ3n) is 4.27. The molecule has 2 aromatic carbocycles. The van der Waals surface area contributed by atoms with Crippen LogP contribution in [0, 0.1) is 13.8 Å². The highest BCUT2D eigenvalue weighted by Crippen LogP contribution is 2.33. The Bertz CT molecular complexity index is 1080. The number of hydrogen-bond donors (Lipinski definition) is 2. The summed E-state index contributed by atoms with van der Waals surface area (Å²) in [6.45, 7) is 4.01. The van der Waals surface area contributed by atoms with Gasteiger partial charge in [-0.15, -0.1) is 0 Å². The Labute approximate surface area is 157 Å². The van der Waals surface area contributed by atoms with Gasteiger partial charge in [-0.2, -0.15) is 4.98 Å². The van der Waals surface area contributed by atoms with Crippen molar-refractivity contribution in [1.82, 2.24) is 10.1 Å². The van der Waals surface area contributed by atoms with Crippen LogP contribution in [0.5, 0.6) is 0 Å². The topological polar surface area (TPSA) is 92.5 Å². The van der Waals surface area contributed by atoms with Gasteiger partial charge in [-0.05, 0) is 43.2 Å². The Balaban J connectivity index is 1.75. The summed E-state index contributed by atoms with van der Waals surface area (Å²) in [5.74, 6) is 1.17. The zero-order valence-corrected chi connectivity index (χ0v) is 15.6. The maximum absolute atomic E-state index is 9.25. The van der Waals surface area contributed by atoms with Crippen molar-refractivity contribution >= 4 is 26.9 Å². The largest absolute Gasteiger partial charge is 0.451 e. The van der Waals surface area contributed by atoms with Crippen LogP contribution >= 0.6 is 15.9 Å². The molecule has 0 amide bonds. The second-order valence-electron chi connectivity index (χ2n) is 6.09. The van der Waals surface area contributed by atoms with E-state index < -0.39 is 6.29 Å². The summed E-state index contributed by atoms with van der Waals surface area (Å²) in [4.78, 5) is 4.41. The summed E-state index contributed by atoms with van der Waals surface area (Å²) >= 11 is 3.40. The minimum absolute atomic E-state index is 0.285. The van der Waals surface area contributed by atoms with Crippen molar-refractivity contribution in [2.75, 3.05) is 0 Å². The van der Waals surface area contributed by atoms with Crippen molar-refractivity contribution in [3.8, 4) is 23.0 Å². The van der Waals surface area contributed by atoms with Crippen molar-refractivity contribution in [1.29, 1.82) is 0 Å². The van der Waals surface area contributed by atoms with Crippen molar-refractivity contribution in [3.05, 3.63) is 57.6 Å². The number of rotatable bonds is 3. The average Bonchev–Trinajstić information content (AvgIpc) is 3.25. The molecular formula is C19H15BrN2O4. The van der Waals surface area contributed by atoms with Gasteiger partial charge in [0.25, 0.3) is 5.89 Å². The molecule has 6 nitrogen and oxygen atoms in total. The normalized spacial score (nSPS) is 11.6. The number of furan rings is 1. The molecule has 132 valence electrons. The summed E-state index contributed by atoms with van der Waals surface area (Å²) in [6, 6.07) is 10.8. The summed E-state index contributed by atoms with van der Waals surface area (Å²) in [5.41, 5.74) is 4.00. The van der Waals surface area contributed by atoms with Gasteiger partial charge in [-0.3, -0.25) is 0 Å². The highest BCUT2D eigenvalue weighted by atomic mass is 79.9. The molecule has 4 aromatic rings. The molecule has 0 spiro atoms. The summed E-state index contributed by atoms with van der Waals surface area (Å²) in [7, 11) is 0. The van der Waals surface area contributed by atoms with Gasteiger partial charge in [0.2, 0.25) is 5.82 Å². The summed E-state index contributed by atoms with van der Waals surface area (Å²) in [6.07, 6.45) is -1.54. The van der Waals surface area contributed by atoms with Gasteiger partial charge >= 0.3 is 0 Å². The van der Waals surface area contributed by atoms with E-state index in [0.29, 0.717) is 27.2 Å². The average molecular weight is 415 g/mol.